The third kappa shape index (κ3) is 4.64. The first-order valence-corrected chi connectivity index (χ1v) is 10.0. The molecule has 1 unspecified atom stereocenters. The number of aromatic nitrogens is 2. The normalized spacial score (nSPS) is 17.9. The molecule has 2 aromatic rings. The van der Waals surface area contributed by atoms with E-state index in [1.165, 1.54) is 12.4 Å². The Hall–Kier alpha value is -2.88. The summed E-state index contributed by atoms with van der Waals surface area (Å²) < 4.78 is 33.4. The first-order chi connectivity index (χ1) is 12.9. The average molecular weight is 392 g/mol. The Morgan fingerprint density at radius 3 is 2.59 bits per heavy atom. The third-order valence-corrected chi connectivity index (χ3v) is 5.89. The monoisotopic (exact) mass is 392 g/mol. The van der Waals surface area contributed by atoms with Gasteiger partial charge in [0.25, 0.3) is 5.91 Å². The highest BCUT2D eigenvalue weighted by molar-refractivity contribution is 7.91. The average Bonchev–Trinajstić information content (AvgIpc) is 3.00. The van der Waals surface area contributed by atoms with E-state index in [9.17, 15) is 13.2 Å². The van der Waals surface area contributed by atoms with E-state index < -0.39 is 15.7 Å². The molecule has 0 saturated carbocycles. The van der Waals surface area contributed by atoms with Gasteiger partial charge in [0.05, 0.1) is 43.8 Å². The Kier molecular flexibility index (Phi) is 5.45. The number of amides is 1. The quantitative estimate of drug-likeness (QED) is 0.751. The Morgan fingerprint density at radius 2 is 2.00 bits per heavy atom. The summed E-state index contributed by atoms with van der Waals surface area (Å²) in [6, 6.07) is 4.89. The minimum absolute atomic E-state index is 0.0402. The van der Waals surface area contributed by atoms with Crippen LogP contribution >= 0.6 is 0 Å². The number of nitrogens with one attached hydrogen (secondary N) is 2. The molecule has 144 valence electrons. The minimum Gasteiger partial charge on any atom is -0.497 e. The second-order valence-corrected chi connectivity index (χ2v) is 8.28. The zero-order chi connectivity index (χ0) is 19.4. The highest BCUT2D eigenvalue weighted by Crippen LogP contribution is 2.30. The number of carbonyl (C=O) groups excluding carboxylic acids is 1. The fraction of sp³-hybridized carbons (Fsp3) is 0.353. The molecular formula is C17H20N4O5S. The molecule has 9 nitrogen and oxygen atoms in total. The van der Waals surface area contributed by atoms with Crippen molar-refractivity contribution in [2.75, 3.05) is 31.0 Å². The predicted octanol–water partition coefficient (Wildman–Crippen LogP) is 1.15. The maximum Gasteiger partial charge on any atom is 0.271 e. The molecule has 1 amide bonds. The zero-order valence-corrected chi connectivity index (χ0v) is 15.7. The summed E-state index contributed by atoms with van der Waals surface area (Å²) in [6.45, 7) is 0. The molecule has 2 heterocycles. The fourth-order valence-corrected chi connectivity index (χ4v) is 4.40. The van der Waals surface area contributed by atoms with Gasteiger partial charge in [-0.1, -0.05) is 0 Å². The van der Waals surface area contributed by atoms with E-state index in [0.29, 0.717) is 29.4 Å². The van der Waals surface area contributed by atoms with Crippen LogP contribution in [0, 0.1) is 0 Å². The van der Waals surface area contributed by atoms with Crippen molar-refractivity contribution in [2.24, 2.45) is 0 Å². The lowest BCUT2D eigenvalue weighted by atomic mass is 10.2. The van der Waals surface area contributed by atoms with Crippen LogP contribution in [0.3, 0.4) is 0 Å². The van der Waals surface area contributed by atoms with E-state index in [4.69, 9.17) is 9.47 Å². The van der Waals surface area contributed by atoms with Gasteiger partial charge < -0.3 is 20.1 Å². The number of benzene rings is 1. The number of rotatable bonds is 6. The first-order valence-electron chi connectivity index (χ1n) is 8.22. The van der Waals surface area contributed by atoms with Crippen molar-refractivity contribution < 1.29 is 22.7 Å². The number of carbonyl (C=O) groups is 1. The van der Waals surface area contributed by atoms with Crippen molar-refractivity contribution >= 4 is 27.2 Å². The molecule has 0 spiro atoms. The molecule has 27 heavy (non-hydrogen) atoms. The summed E-state index contributed by atoms with van der Waals surface area (Å²) in [6.07, 6.45) is 3.16. The molecule has 3 rings (SSSR count). The highest BCUT2D eigenvalue weighted by Gasteiger charge is 2.29. The van der Waals surface area contributed by atoms with E-state index in [1.807, 2.05) is 0 Å². The predicted molar refractivity (Wildman–Crippen MR) is 99.4 cm³/mol. The van der Waals surface area contributed by atoms with Gasteiger partial charge in [0.2, 0.25) is 0 Å². The van der Waals surface area contributed by atoms with Crippen LogP contribution in [-0.4, -0.2) is 56.1 Å². The van der Waals surface area contributed by atoms with Crippen LogP contribution < -0.4 is 20.1 Å². The number of ether oxygens (including phenoxy) is 2. The fourth-order valence-electron chi connectivity index (χ4n) is 2.73. The number of nitrogens with zero attached hydrogens (tertiary/aromatic N) is 2. The Balaban J connectivity index is 1.68. The van der Waals surface area contributed by atoms with E-state index in [2.05, 4.69) is 20.6 Å². The van der Waals surface area contributed by atoms with Gasteiger partial charge in [0.1, 0.15) is 23.0 Å². The topological polar surface area (TPSA) is 120 Å². The molecule has 0 radical (unpaired) electrons. The molecule has 1 aliphatic rings. The summed E-state index contributed by atoms with van der Waals surface area (Å²) in [4.78, 5) is 20.5. The molecule has 1 fully saturated rings. The van der Waals surface area contributed by atoms with E-state index >= 15 is 0 Å². The van der Waals surface area contributed by atoms with Gasteiger partial charge in [0, 0.05) is 12.1 Å². The van der Waals surface area contributed by atoms with E-state index in [-0.39, 0.29) is 23.2 Å². The van der Waals surface area contributed by atoms with Crippen molar-refractivity contribution in [1.29, 1.82) is 0 Å². The SMILES string of the molecule is COc1ccc(OC)c(Nc2cnc(C(=O)NC3CCS(=O)(=O)C3)cn2)c1. The lowest BCUT2D eigenvalue weighted by Gasteiger charge is -2.12. The van der Waals surface area contributed by atoms with E-state index in [0.717, 1.165) is 0 Å². The molecule has 1 saturated heterocycles. The van der Waals surface area contributed by atoms with Gasteiger partial charge >= 0.3 is 0 Å². The second-order valence-electron chi connectivity index (χ2n) is 6.05. The van der Waals surface area contributed by atoms with Gasteiger partial charge in [-0.15, -0.1) is 0 Å². The maximum absolute atomic E-state index is 12.2. The maximum atomic E-state index is 12.2. The summed E-state index contributed by atoms with van der Waals surface area (Å²) >= 11 is 0. The largest absolute Gasteiger partial charge is 0.497 e. The summed E-state index contributed by atoms with van der Waals surface area (Å²) in [5.74, 6) is 1.27. The molecule has 1 aromatic heterocycles. The lowest BCUT2D eigenvalue weighted by molar-refractivity contribution is 0.0935. The standard InChI is InChI=1S/C17H20N4O5S/c1-25-12-3-4-15(26-2)13(7-12)21-16-9-18-14(8-19-16)17(22)20-11-5-6-27(23,24)10-11/h3-4,7-9,11H,5-6,10H2,1-2H3,(H,19,21)(H,20,22). The molecule has 1 atom stereocenters. The number of hydrogen-bond acceptors (Lipinski definition) is 8. The number of hydrogen-bond donors (Lipinski definition) is 2. The molecular weight excluding hydrogens is 372 g/mol. The smallest absolute Gasteiger partial charge is 0.271 e. The second kappa shape index (κ2) is 7.78. The van der Waals surface area contributed by atoms with Crippen molar-refractivity contribution in [1.82, 2.24) is 15.3 Å². The highest BCUT2D eigenvalue weighted by atomic mass is 32.2. The molecule has 10 heteroatoms. The lowest BCUT2D eigenvalue weighted by Crippen LogP contribution is -2.36. The Morgan fingerprint density at radius 1 is 1.19 bits per heavy atom. The summed E-state index contributed by atoms with van der Waals surface area (Å²) in [5, 5.41) is 5.73. The molecule has 1 aliphatic heterocycles. The molecule has 0 aliphatic carbocycles. The number of methoxy groups -OCH3 is 2. The third-order valence-electron chi connectivity index (χ3n) is 4.12. The summed E-state index contributed by atoms with van der Waals surface area (Å²) in [7, 11) is 0.0549. The summed E-state index contributed by atoms with van der Waals surface area (Å²) in [5.41, 5.74) is 0.752. The van der Waals surface area contributed by atoms with Crippen LogP contribution in [0.5, 0.6) is 11.5 Å². The zero-order valence-electron chi connectivity index (χ0n) is 14.9. The molecule has 1 aromatic carbocycles. The van der Waals surface area contributed by atoms with Crippen molar-refractivity contribution in [3.05, 3.63) is 36.3 Å². The minimum atomic E-state index is -3.06. The molecule has 2 N–H and O–H groups in total. The van der Waals surface area contributed by atoms with Crippen molar-refractivity contribution in [3.63, 3.8) is 0 Å². The van der Waals surface area contributed by atoms with Crippen LogP contribution in [0.1, 0.15) is 16.9 Å². The number of sulfone groups is 1. The van der Waals surface area contributed by atoms with Gasteiger partial charge in [-0.2, -0.15) is 0 Å². The van der Waals surface area contributed by atoms with Crippen LogP contribution in [-0.2, 0) is 9.84 Å². The Bertz CT molecular complexity index is 931. The van der Waals surface area contributed by atoms with Crippen molar-refractivity contribution in [2.45, 2.75) is 12.5 Å². The van der Waals surface area contributed by atoms with Gasteiger partial charge in [0.15, 0.2) is 9.84 Å². The van der Waals surface area contributed by atoms with Crippen LogP contribution in [0.25, 0.3) is 0 Å². The Labute approximate surface area is 157 Å². The van der Waals surface area contributed by atoms with Gasteiger partial charge in [-0.05, 0) is 18.6 Å². The van der Waals surface area contributed by atoms with E-state index in [1.54, 1.807) is 32.4 Å². The van der Waals surface area contributed by atoms with Crippen molar-refractivity contribution in [3.8, 4) is 11.5 Å². The number of anilines is 2. The van der Waals surface area contributed by atoms with Crippen LogP contribution in [0.4, 0.5) is 11.5 Å². The van der Waals surface area contributed by atoms with Gasteiger partial charge in [-0.25, -0.2) is 18.4 Å². The first kappa shape index (κ1) is 18.9. The van der Waals surface area contributed by atoms with Crippen LogP contribution in [0.2, 0.25) is 0 Å². The molecule has 0 bridgehead atoms. The van der Waals surface area contributed by atoms with Crippen LogP contribution in [0.15, 0.2) is 30.6 Å². The van der Waals surface area contributed by atoms with Gasteiger partial charge in [-0.3, -0.25) is 4.79 Å².